The van der Waals surface area contributed by atoms with Gasteiger partial charge in [0.2, 0.25) is 0 Å². The second kappa shape index (κ2) is 8.93. The molecule has 1 heterocycles. The van der Waals surface area contributed by atoms with Crippen LogP contribution < -0.4 is 0 Å². The van der Waals surface area contributed by atoms with Crippen LogP contribution in [0.15, 0.2) is 12.4 Å². The Bertz CT molecular complexity index is 753. The van der Waals surface area contributed by atoms with Gasteiger partial charge in [0.25, 0.3) is 0 Å². The summed E-state index contributed by atoms with van der Waals surface area (Å²) in [6, 6.07) is 0. The highest BCUT2D eigenvalue weighted by atomic mass is 16.5. The molecule has 3 aliphatic carbocycles. The van der Waals surface area contributed by atoms with E-state index in [2.05, 4.69) is 31.1 Å². The predicted molar refractivity (Wildman–Crippen MR) is 119 cm³/mol. The van der Waals surface area contributed by atoms with Crippen molar-refractivity contribution in [2.45, 2.75) is 84.3 Å². The molecule has 174 valence electrons. The van der Waals surface area contributed by atoms with Crippen molar-refractivity contribution in [1.29, 1.82) is 0 Å². The Kier molecular flexibility index (Phi) is 6.60. The van der Waals surface area contributed by atoms with E-state index in [1.165, 1.54) is 19.3 Å². The normalized spacial score (nSPS) is 41.3. The second-order valence-corrected chi connectivity index (χ2v) is 11.1. The molecule has 1 aromatic heterocycles. The smallest absolute Gasteiger partial charge is 0.157 e. The molecule has 0 radical (unpaired) electrons. The molecule has 0 amide bonds. The van der Waals surface area contributed by atoms with Gasteiger partial charge in [0, 0.05) is 19.2 Å². The molecule has 6 heteroatoms. The van der Waals surface area contributed by atoms with E-state index in [9.17, 15) is 9.90 Å². The third kappa shape index (κ3) is 4.22. The minimum absolute atomic E-state index is 0.0264. The van der Waals surface area contributed by atoms with Crippen LogP contribution in [0.2, 0.25) is 0 Å². The van der Waals surface area contributed by atoms with Crippen molar-refractivity contribution in [2.24, 2.45) is 40.9 Å². The topological polar surface area (TPSA) is 77.2 Å². The number of ketones is 1. The fourth-order valence-corrected chi connectivity index (χ4v) is 8.00. The number of rotatable bonds is 7. The standard InChI is InChI=1S/C25H41N3O3/c1-5-22-21-7-6-18-14-25(30,16-31-4)11-9-19(18)20(21)8-10-24(22,3)17(2)23(29)15-28-13-12-26-27-28/h12-13,17-22,30H,5-11,14-16H2,1-4H3/t17-,18+,19+,20-,21-,22+,24-,25-/m1/s1. The van der Waals surface area contributed by atoms with Gasteiger partial charge in [0.15, 0.2) is 5.78 Å². The van der Waals surface area contributed by atoms with Gasteiger partial charge in [0.1, 0.15) is 6.54 Å². The second-order valence-electron chi connectivity index (χ2n) is 11.1. The van der Waals surface area contributed by atoms with Gasteiger partial charge in [-0.1, -0.05) is 32.4 Å². The summed E-state index contributed by atoms with van der Waals surface area (Å²) >= 11 is 0. The van der Waals surface area contributed by atoms with Crippen LogP contribution in [-0.4, -0.2) is 45.2 Å². The van der Waals surface area contributed by atoms with E-state index in [0.717, 1.165) is 43.9 Å². The van der Waals surface area contributed by atoms with E-state index in [4.69, 9.17) is 4.74 Å². The zero-order valence-corrected chi connectivity index (χ0v) is 19.8. The molecule has 0 unspecified atom stereocenters. The van der Waals surface area contributed by atoms with Crippen LogP contribution >= 0.6 is 0 Å². The molecular weight excluding hydrogens is 390 g/mol. The van der Waals surface area contributed by atoms with Crippen molar-refractivity contribution in [3.05, 3.63) is 12.4 Å². The van der Waals surface area contributed by atoms with Crippen molar-refractivity contribution < 1.29 is 14.6 Å². The van der Waals surface area contributed by atoms with E-state index in [0.29, 0.717) is 30.9 Å². The quantitative estimate of drug-likeness (QED) is 0.702. The lowest BCUT2D eigenvalue weighted by molar-refractivity contribution is -0.144. The molecule has 1 aromatic rings. The monoisotopic (exact) mass is 431 g/mol. The first-order chi connectivity index (χ1) is 14.8. The maximum Gasteiger partial charge on any atom is 0.157 e. The molecule has 1 N–H and O–H groups in total. The van der Waals surface area contributed by atoms with Crippen LogP contribution in [0.4, 0.5) is 0 Å². The van der Waals surface area contributed by atoms with Crippen molar-refractivity contribution >= 4 is 5.78 Å². The summed E-state index contributed by atoms with van der Waals surface area (Å²) in [5.41, 5.74) is -0.579. The van der Waals surface area contributed by atoms with Crippen LogP contribution in [0.5, 0.6) is 0 Å². The predicted octanol–water partition coefficient (Wildman–Crippen LogP) is 4.13. The highest BCUT2D eigenvalue weighted by Crippen LogP contribution is 2.61. The highest BCUT2D eigenvalue weighted by molar-refractivity contribution is 5.81. The van der Waals surface area contributed by atoms with Gasteiger partial charge in [-0.2, -0.15) is 0 Å². The first-order valence-electron chi connectivity index (χ1n) is 12.4. The molecule has 0 saturated heterocycles. The number of hydrogen-bond donors (Lipinski definition) is 1. The molecule has 0 aliphatic heterocycles. The summed E-state index contributed by atoms with van der Waals surface area (Å²) in [5, 5.41) is 18.8. The molecular formula is C25H41N3O3. The van der Waals surface area contributed by atoms with Gasteiger partial charge >= 0.3 is 0 Å². The summed E-state index contributed by atoms with van der Waals surface area (Å²) in [5.74, 6) is 3.71. The molecule has 0 spiro atoms. The van der Waals surface area contributed by atoms with Crippen molar-refractivity contribution in [3.63, 3.8) is 0 Å². The van der Waals surface area contributed by atoms with Gasteiger partial charge in [-0.05, 0) is 80.0 Å². The van der Waals surface area contributed by atoms with Crippen molar-refractivity contribution in [3.8, 4) is 0 Å². The van der Waals surface area contributed by atoms with Crippen LogP contribution in [0.25, 0.3) is 0 Å². The molecule has 3 aliphatic rings. The Morgan fingerprint density at radius 2 is 2.00 bits per heavy atom. The van der Waals surface area contributed by atoms with Gasteiger partial charge in [-0.15, -0.1) is 5.10 Å². The average molecular weight is 432 g/mol. The first kappa shape index (κ1) is 22.9. The van der Waals surface area contributed by atoms with Crippen LogP contribution in [-0.2, 0) is 16.1 Å². The average Bonchev–Trinajstić information content (AvgIpc) is 3.25. The van der Waals surface area contributed by atoms with Gasteiger partial charge in [-0.3, -0.25) is 4.79 Å². The SMILES string of the molecule is CC[C@H]1[C@@H]2CC[C@H]3C[C@@](O)(COC)CC[C@@H]3[C@H]2CC[C@]1(C)[C@H](C)C(=O)Cn1ccnn1. The van der Waals surface area contributed by atoms with E-state index in [1.54, 1.807) is 24.2 Å². The van der Waals surface area contributed by atoms with Crippen LogP contribution in [0, 0.1) is 40.9 Å². The van der Waals surface area contributed by atoms with E-state index in [1.807, 2.05) is 0 Å². The molecule has 3 saturated carbocycles. The van der Waals surface area contributed by atoms with Crippen molar-refractivity contribution in [2.75, 3.05) is 13.7 Å². The lowest BCUT2D eigenvalue weighted by Gasteiger charge is -2.59. The van der Waals surface area contributed by atoms with Crippen LogP contribution in [0.1, 0.15) is 72.1 Å². The number of fused-ring (bicyclic) bond motifs is 3. The molecule has 8 atom stereocenters. The van der Waals surface area contributed by atoms with Gasteiger partial charge < -0.3 is 9.84 Å². The lowest BCUT2D eigenvalue weighted by atomic mass is 9.46. The van der Waals surface area contributed by atoms with Crippen molar-refractivity contribution in [1.82, 2.24) is 15.0 Å². The zero-order chi connectivity index (χ0) is 22.2. The van der Waals surface area contributed by atoms with Gasteiger partial charge in [0.05, 0.1) is 18.4 Å². The Balaban J connectivity index is 1.48. The zero-order valence-electron chi connectivity index (χ0n) is 19.8. The lowest BCUT2D eigenvalue weighted by Crippen LogP contribution is -2.54. The maximum absolute atomic E-state index is 13.2. The Labute approximate surface area is 187 Å². The van der Waals surface area contributed by atoms with Crippen LogP contribution in [0.3, 0.4) is 0 Å². The molecule has 0 aromatic carbocycles. The largest absolute Gasteiger partial charge is 0.387 e. The summed E-state index contributed by atoms with van der Waals surface area (Å²) in [4.78, 5) is 13.2. The summed E-state index contributed by atoms with van der Waals surface area (Å²) in [6.45, 7) is 7.64. The number of ether oxygens (including phenoxy) is 1. The number of carbonyl (C=O) groups is 1. The molecule has 31 heavy (non-hydrogen) atoms. The molecule has 3 fully saturated rings. The van der Waals surface area contributed by atoms with E-state index < -0.39 is 5.60 Å². The fourth-order valence-electron chi connectivity index (χ4n) is 8.00. The molecule has 4 rings (SSSR count). The number of carbonyl (C=O) groups excluding carboxylic acids is 1. The summed E-state index contributed by atoms with van der Waals surface area (Å²) in [6.07, 6.45) is 12.3. The number of aromatic nitrogens is 3. The Hall–Kier alpha value is -1.27. The first-order valence-corrected chi connectivity index (χ1v) is 12.4. The Morgan fingerprint density at radius 3 is 2.68 bits per heavy atom. The third-order valence-electron chi connectivity index (χ3n) is 9.66. The summed E-state index contributed by atoms with van der Waals surface area (Å²) < 4.78 is 6.98. The number of nitrogens with zero attached hydrogens (tertiary/aromatic N) is 3. The minimum atomic E-state index is -0.627. The Morgan fingerprint density at radius 1 is 1.23 bits per heavy atom. The highest BCUT2D eigenvalue weighted by Gasteiger charge is 2.55. The van der Waals surface area contributed by atoms with E-state index in [-0.39, 0.29) is 17.1 Å². The van der Waals surface area contributed by atoms with Gasteiger partial charge in [-0.25, -0.2) is 4.68 Å². The molecule has 6 nitrogen and oxygen atoms in total. The third-order valence-corrected chi connectivity index (χ3v) is 9.66. The number of Topliss-reactive ketones (excluding diaryl/α,β-unsaturated/α-hetero) is 1. The summed E-state index contributed by atoms with van der Waals surface area (Å²) in [7, 11) is 1.69. The fraction of sp³-hybridized carbons (Fsp3) is 0.880. The van der Waals surface area contributed by atoms with E-state index >= 15 is 0 Å². The maximum atomic E-state index is 13.2. The number of hydrogen-bond acceptors (Lipinski definition) is 5. The minimum Gasteiger partial charge on any atom is -0.387 e. The number of methoxy groups -OCH3 is 1. The number of aliphatic hydroxyl groups is 1. The molecule has 0 bridgehead atoms.